The molecule has 0 amide bonds. The quantitative estimate of drug-likeness (QED) is 0.673. The lowest BCUT2D eigenvalue weighted by atomic mass is 10.3. The number of rotatable bonds is 1. The van der Waals surface area contributed by atoms with Crippen molar-refractivity contribution in [3.05, 3.63) is 46.8 Å². The van der Waals surface area contributed by atoms with E-state index in [1.807, 2.05) is 25.4 Å². The molecule has 0 spiro atoms. The van der Waals surface area contributed by atoms with Gasteiger partial charge in [-0.3, -0.25) is 4.40 Å². The highest BCUT2D eigenvalue weighted by Gasteiger charge is 2.13. The molecule has 3 rings (SSSR count). The zero-order chi connectivity index (χ0) is 12.0. The van der Waals surface area contributed by atoms with Crippen LogP contribution in [0.4, 0.5) is 0 Å². The smallest absolute Gasteiger partial charge is 0.138 e. The largest absolute Gasteiger partial charge is 0.349 e. The molecule has 0 unspecified atom stereocenters. The first-order valence-electron chi connectivity index (χ1n) is 5.43. The summed E-state index contributed by atoms with van der Waals surface area (Å²) in [5, 5.41) is 0. The minimum Gasteiger partial charge on any atom is -0.349 e. The second-order valence-electron chi connectivity index (χ2n) is 4.19. The summed E-state index contributed by atoms with van der Waals surface area (Å²) in [6, 6.07) is 8.20. The van der Waals surface area contributed by atoms with Crippen LogP contribution in [0.25, 0.3) is 17.0 Å². The number of imidazole rings is 1. The maximum atomic E-state index is 4.65. The van der Waals surface area contributed by atoms with Gasteiger partial charge in [0.15, 0.2) is 0 Å². The van der Waals surface area contributed by atoms with Gasteiger partial charge >= 0.3 is 0 Å². The SMILES string of the molecule is Cc1ccc2nc(-c3cccn3C)c(Br)n2c1. The van der Waals surface area contributed by atoms with E-state index in [0.29, 0.717) is 0 Å². The van der Waals surface area contributed by atoms with Crippen molar-refractivity contribution < 1.29 is 0 Å². The predicted molar refractivity (Wildman–Crippen MR) is 72.0 cm³/mol. The summed E-state index contributed by atoms with van der Waals surface area (Å²) in [6.45, 7) is 2.08. The van der Waals surface area contributed by atoms with Gasteiger partial charge in [-0.1, -0.05) is 6.07 Å². The Bertz CT molecular complexity index is 694. The van der Waals surface area contributed by atoms with Crippen LogP contribution in [0.3, 0.4) is 0 Å². The molecule has 0 saturated carbocycles. The van der Waals surface area contributed by atoms with Gasteiger partial charge in [-0.15, -0.1) is 0 Å². The summed E-state index contributed by atoms with van der Waals surface area (Å²) in [7, 11) is 2.02. The van der Waals surface area contributed by atoms with Gasteiger partial charge in [0, 0.05) is 19.4 Å². The fourth-order valence-electron chi connectivity index (χ4n) is 1.99. The Morgan fingerprint density at radius 1 is 1.24 bits per heavy atom. The number of fused-ring (bicyclic) bond motifs is 1. The Kier molecular flexibility index (Phi) is 2.33. The molecule has 3 aromatic heterocycles. The molecule has 3 nitrogen and oxygen atoms in total. The van der Waals surface area contributed by atoms with Gasteiger partial charge in [-0.05, 0) is 46.6 Å². The third-order valence-corrected chi connectivity index (χ3v) is 3.65. The number of pyridine rings is 1. The van der Waals surface area contributed by atoms with Crippen molar-refractivity contribution in [1.29, 1.82) is 0 Å². The number of aromatic nitrogens is 3. The zero-order valence-electron chi connectivity index (χ0n) is 9.68. The lowest BCUT2D eigenvalue weighted by Gasteiger charge is -2.00. The van der Waals surface area contributed by atoms with Crippen molar-refractivity contribution in [3.8, 4) is 11.4 Å². The second kappa shape index (κ2) is 3.74. The van der Waals surface area contributed by atoms with Crippen LogP contribution in [-0.4, -0.2) is 14.0 Å². The summed E-state index contributed by atoms with van der Waals surface area (Å²) in [4.78, 5) is 4.65. The van der Waals surface area contributed by atoms with Gasteiger partial charge in [-0.2, -0.15) is 0 Å². The van der Waals surface area contributed by atoms with E-state index < -0.39 is 0 Å². The molecular weight excluding hydrogens is 278 g/mol. The molecule has 3 heterocycles. The van der Waals surface area contributed by atoms with Gasteiger partial charge < -0.3 is 4.57 Å². The van der Waals surface area contributed by atoms with E-state index in [-0.39, 0.29) is 0 Å². The van der Waals surface area contributed by atoms with E-state index in [9.17, 15) is 0 Å². The molecule has 0 bridgehead atoms. The van der Waals surface area contributed by atoms with Gasteiger partial charge in [0.2, 0.25) is 0 Å². The number of hydrogen-bond donors (Lipinski definition) is 0. The molecular formula is C13H12BrN3. The van der Waals surface area contributed by atoms with Crippen LogP contribution in [0.1, 0.15) is 5.56 Å². The minimum atomic E-state index is 0.957. The third-order valence-electron chi connectivity index (χ3n) is 2.89. The third kappa shape index (κ3) is 1.60. The Morgan fingerprint density at radius 2 is 2.06 bits per heavy atom. The number of hydrogen-bond acceptors (Lipinski definition) is 1. The molecule has 0 aliphatic rings. The fourth-order valence-corrected chi connectivity index (χ4v) is 2.57. The molecule has 4 heteroatoms. The molecule has 0 fully saturated rings. The van der Waals surface area contributed by atoms with Crippen LogP contribution in [0.2, 0.25) is 0 Å². The van der Waals surface area contributed by atoms with Crippen molar-refractivity contribution in [1.82, 2.24) is 14.0 Å². The molecule has 0 saturated heterocycles. The normalized spacial score (nSPS) is 11.2. The van der Waals surface area contributed by atoms with Crippen LogP contribution in [0, 0.1) is 6.92 Å². The Labute approximate surface area is 108 Å². The molecule has 0 aromatic carbocycles. The number of halogens is 1. The average molecular weight is 290 g/mol. The van der Waals surface area contributed by atoms with Crippen LogP contribution in [0.5, 0.6) is 0 Å². The lowest BCUT2D eigenvalue weighted by molar-refractivity contribution is 0.931. The topological polar surface area (TPSA) is 22.2 Å². The van der Waals surface area contributed by atoms with E-state index in [4.69, 9.17) is 0 Å². The average Bonchev–Trinajstić information content (AvgIpc) is 2.84. The second-order valence-corrected chi connectivity index (χ2v) is 4.94. The molecule has 0 atom stereocenters. The molecule has 0 N–H and O–H groups in total. The molecule has 17 heavy (non-hydrogen) atoms. The minimum absolute atomic E-state index is 0.957. The van der Waals surface area contributed by atoms with Gasteiger partial charge in [-0.25, -0.2) is 4.98 Å². The van der Waals surface area contributed by atoms with Crippen molar-refractivity contribution in [2.24, 2.45) is 7.05 Å². The monoisotopic (exact) mass is 289 g/mol. The van der Waals surface area contributed by atoms with Crippen molar-refractivity contribution in [3.63, 3.8) is 0 Å². The first kappa shape index (κ1) is 10.6. The van der Waals surface area contributed by atoms with Gasteiger partial charge in [0.25, 0.3) is 0 Å². The fraction of sp³-hybridized carbons (Fsp3) is 0.154. The molecule has 0 aliphatic carbocycles. The summed E-state index contributed by atoms with van der Waals surface area (Å²) in [5.41, 5.74) is 4.26. The highest BCUT2D eigenvalue weighted by atomic mass is 79.9. The van der Waals surface area contributed by atoms with Crippen LogP contribution < -0.4 is 0 Å². The maximum absolute atomic E-state index is 4.65. The first-order chi connectivity index (χ1) is 8.16. The van der Waals surface area contributed by atoms with Crippen LogP contribution in [-0.2, 0) is 7.05 Å². The van der Waals surface area contributed by atoms with Gasteiger partial charge in [0.1, 0.15) is 15.9 Å². The van der Waals surface area contributed by atoms with Crippen LogP contribution in [0.15, 0.2) is 41.3 Å². The van der Waals surface area contributed by atoms with E-state index in [1.165, 1.54) is 5.56 Å². The maximum Gasteiger partial charge on any atom is 0.138 e. The highest BCUT2D eigenvalue weighted by molar-refractivity contribution is 9.10. The zero-order valence-corrected chi connectivity index (χ0v) is 11.3. The predicted octanol–water partition coefficient (Wildman–Crippen LogP) is 3.41. The Morgan fingerprint density at radius 3 is 2.76 bits per heavy atom. The van der Waals surface area contributed by atoms with E-state index >= 15 is 0 Å². The molecule has 3 aromatic rings. The van der Waals surface area contributed by atoms with E-state index in [1.54, 1.807) is 0 Å². The summed E-state index contributed by atoms with van der Waals surface area (Å²) >= 11 is 3.63. The van der Waals surface area contributed by atoms with Crippen molar-refractivity contribution in [2.75, 3.05) is 0 Å². The Hall–Kier alpha value is -1.55. The molecule has 86 valence electrons. The standard InChI is InChI=1S/C13H12BrN3/c1-9-5-6-11-15-12(13(14)17(11)8-9)10-4-3-7-16(10)2/h3-8H,1-2H3. The molecule has 0 radical (unpaired) electrons. The summed E-state index contributed by atoms with van der Waals surface area (Å²) < 4.78 is 5.13. The van der Waals surface area contributed by atoms with E-state index in [2.05, 4.69) is 55.1 Å². The number of nitrogens with zero attached hydrogens (tertiary/aromatic N) is 3. The number of aryl methyl sites for hydroxylation is 2. The highest BCUT2D eigenvalue weighted by Crippen LogP contribution is 2.28. The van der Waals surface area contributed by atoms with Crippen molar-refractivity contribution in [2.45, 2.75) is 6.92 Å². The Balaban J connectivity index is 2.32. The van der Waals surface area contributed by atoms with Crippen LogP contribution >= 0.6 is 15.9 Å². The summed E-state index contributed by atoms with van der Waals surface area (Å²) in [6.07, 6.45) is 4.11. The van der Waals surface area contributed by atoms with Gasteiger partial charge in [0.05, 0.1) is 5.69 Å². The molecule has 0 aliphatic heterocycles. The lowest BCUT2D eigenvalue weighted by Crippen LogP contribution is -1.90. The van der Waals surface area contributed by atoms with E-state index in [0.717, 1.165) is 21.6 Å². The first-order valence-corrected chi connectivity index (χ1v) is 6.22. The summed E-state index contributed by atoms with van der Waals surface area (Å²) in [5.74, 6) is 0. The van der Waals surface area contributed by atoms with Crippen molar-refractivity contribution >= 4 is 21.6 Å².